The van der Waals surface area contributed by atoms with Gasteiger partial charge in [0.2, 0.25) is 0 Å². The molecule has 2 aliphatic rings. The number of benzene rings is 3. The Morgan fingerprint density at radius 2 is 1.54 bits per heavy atom. The second-order valence-corrected chi connectivity index (χ2v) is 10.1. The number of furan rings is 1. The molecule has 2 heteroatoms. The number of hydrogen-bond acceptors (Lipinski definition) is 2. The molecule has 0 N–H and O–H groups in total. The summed E-state index contributed by atoms with van der Waals surface area (Å²) in [5.74, 6) is 2.46. The van der Waals surface area contributed by atoms with Gasteiger partial charge in [-0.3, -0.25) is 0 Å². The molecule has 6 rings (SSSR count). The van der Waals surface area contributed by atoms with Crippen LogP contribution in [0.15, 0.2) is 132 Å². The van der Waals surface area contributed by atoms with E-state index in [2.05, 4.69) is 139 Å². The zero-order valence-electron chi connectivity index (χ0n) is 22.3. The minimum Gasteiger partial charge on any atom is -0.460 e. The Hall–Kier alpha value is -4.56. The van der Waals surface area contributed by atoms with Crippen LogP contribution in [0.1, 0.15) is 65.4 Å². The normalized spacial score (nSPS) is 18.1. The maximum absolute atomic E-state index is 6.35. The molecule has 0 radical (unpaired) electrons. The molecule has 2 unspecified atom stereocenters. The van der Waals surface area contributed by atoms with E-state index in [1.165, 1.54) is 22.4 Å². The first-order valence-electron chi connectivity index (χ1n) is 13.7. The van der Waals surface area contributed by atoms with Crippen molar-refractivity contribution < 1.29 is 4.42 Å². The molecular formula is C37H33NO. The van der Waals surface area contributed by atoms with Crippen molar-refractivity contribution in [2.75, 3.05) is 4.90 Å². The summed E-state index contributed by atoms with van der Waals surface area (Å²) in [5, 5.41) is 0. The zero-order valence-corrected chi connectivity index (χ0v) is 22.3. The Morgan fingerprint density at radius 1 is 0.821 bits per heavy atom. The van der Waals surface area contributed by atoms with Crippen LogP contribution < -0.4 is 4.90 Å². The van der Waals surface area contributed by atoms with Gasteiger partial charge in [-0.05, 0) is 67.3 Å². The summed E-state index contributed by atoms with van der Waals surface area (Å²) >= 11 is 0. The third-order valence-electron chi connectivity index (χ3n) is 7.67. The highest BCUT2D eigenvalue weighted by molar-refractivity contribution is 5.75. The summed E-state index contributed by atoms with van der Waals surface area (Å²) in [5.41, 5.74) is 8.38. The summed E-state index contributed by atoms with van der Waals surface area (Å²) in [7, 11) is 0. The molecule has 3 aromatic carbocycles. The van der Waals surface area contributed by atoms with Crippen molar-refractivity contribution in [2.45, 2.75) is 31.6 Å². The van der Waals surface area contributed by atoms with Gasteiger partial charge < -0.3 is 9.32 Å². The van der Waals surface area contributed by atoms with E-state index in [9.17, 15) is 0 Å². The van der Waals surface area contributed by atoms with E-state index in [0.29, 0.717) is 5.92 Å². The van der Waals surface area contributed by atoms with Gasteiger partial charge in [-0.1, -0.05) is 104 Å². The van der Waals surface area contributed by atoms with Gasteiger partial charge >= 0.3 is 0 Å². The molecule has 0 spiro atoms. The standard InChI is InChI=1S/C37H33NO/c1-3-12-34-35-18-11-17-33(37(35)39-36(34)4-2)29-21-25-32(26-22-29)38(30-15-9-6-10-16-30)31-23-19-28(20-24-31)27-13-7-5-8-14-27/h3-16,18-19,21-26,28,33H,2,17,20H2,1H3/b12-3-. The molecular weight excluding hydrogens is 474 g/mol. The number of para-hydroxylation sites is 1. The van der Waals surface area contributed by atoms with Crippen molar-refractivity contribution >= 4 is 29.6 Å². The summed E-state index contributed by atoms with van der Waals surface area (Å²) in [6.45, 7) is 6.01. The highest BCUT2D eigenvalue weighted by Gasteiger charge is 2.27. The monoisotopic (exact) mass is 507 g/mol. The number of rotatable bonds is 7. The van der Waals surface area contributed by atoms with Crippen LogP contribution in [0, 0.1) is 0 Å². The van der Waals surface area contributed by atoms with Crippen molar-refractivity contribution in [3.63, 3.8) is 0 Å². The Kier molecular flexibility index (Phi) is 7.01. The van der Waals surface area contributed by atoms with E-state index < -0.39 is 0 Å². The number of hydrogen-bond donors (Lipinski definition) is 0. The van der Waals surface area contributed by atoms with Crippen LogP contribution in [-0.4, -0.2) is 0 Å². The fourth-order valence-corrected chi connectivity index (χ4v) is 5.73. The molecule has 2 atom stereocenters. The summed E-state index contributed by atoms with van der Waals surface area (Å²) in [4.78, 5) is 2.35. The second kappa shape index (κ2) is 11.0. The van der Waals surface area contributed by atoms with Crippen molar-refractivity contribution in [1.29, 1.82) is 0 Å². The van der Waals surface area contributed by atoms with E-state index in [-0.39, 0.29) is 5.92 Å². The lowest BCUT2D eigenvalue weighted by atomic mass is 9.86. The van der Waals surface area contributed by atoms with Gasteiger partial charge in [-0.2, -0.15) is 0 Å². The van der Waals surface area contributed by atoms with E-state index in [1.807, 2.05) is 13.0 Å². The number of anilines is 2. The van der Waals surface area contributed by atoms with Gasteiger partial charge in [0, 0.05) is 40.0 Å². The number of fused-ring (bicyclic) bond motifs is 1. The summed E-state index contributed by atoms with van der Waals surface area (Å²) in [6, 6.07) is 30.3. The molecule has 0 bridgehead atoms. The fourth-order valence-electron chi connectivity index (χ4n) is 5.73. The first-order chi connectivity index (χ1) is 19.3. The Labute approximate surface area is 231 Å². The average Bonchev–Trinajstić information content (AvgIpc) is 3.37. The minimum absolute atomic E-state index is 0.183. The third kappa shape index (κ3) is 4.86. The Bertz CT molecular complexity index is 1570. The van der Waals surface area contributed by atoms with Crippen LogP contribution in [0.25, 0.3) is 18.2 Å². The lowest BCUT2D eigenvalue weighted by Crippen LogP contribution is -2.17. The highest BCUT2D eigenvalue weighted by atomic mass is 16.3. The topological polar surface area (TPSA) is 16.4 Å². The molecule has 0 amide bonds. The van der Waals surface area contributed by atoms with E-state index in [0.717, 1.165) is 41.3 Å². The fraction of sp³-hybridized carbons (Fsp3) is 0.135. The molecule has 39 heavy (non-hydrogen) atoms. The lowest BCUT2D eigenvalue weighted by molar-refractivity contribution is 0.476. The minimum atomic E-state index is 0.183. The first-order valence-corrected chi connectivity index (χ1v) is 13.7. The van der Waals surface area contributed by atoms with Gasteiger partial charge in [-0.15, -0.1) is 0 Å². The van der Waals surface area contributed by atoms with Gasteiger partial charge in [-0.25, -0.2) is 0 Å². The molecule has 2 nitrogen and oxygen atoms in total. The summed E-state index contributed by atoms with van der Waals surface area (Å²) in [6.07, 6.45) is 19.3. The molecule has 4 aromatic rings. The zero-order chi connectivity index (χ0) is 26.6. The lowest BCUT2D eigenvalue weighted by Gasteiger charge is -2.29. The van der Waals surface area contributed by atoms with Crippen molar-refractivity contribution in [3.05, 3.63) is 161 Å². The van der Waals surface area contributed by atoms with Crippen molar-refractivity contribution in [3.8, 4) is 0 Å². The molecule has 0 aliphatic heterocycles. The van der Waals surface area contributed by atoms with Crippen LogP contribution in [0.2, 0.25) is 0 Å². The molecule has 1 aromatic heterocycles. The van der Waals surface area contributed by atoms with Crippen LogP contribution in [0.3, 0.4) is 0 Å². The predicted octanol–water partition coefficient (Wildman–Crippen LogP) is 10.3. The van der Waals surface area contributed by atoms with Gasteiger partial charge in [0.15, 0.2) is 0 Å². The Morgan fingerprint density at radius 3 is 2.21 bits per heavy atom. The highest BCUT2D eigenvalue weighted by Crippen LogP contribution is 2.42. The van der Waals surface area contributed by atoms with E-state index in [1.54, 1.807) is 0 Å². The number of allylic oxidation sites excluding steroid dienone is 5. The van der Waals surface area contributed by atoms with Crippen LogP contribution in [0.4, 0.5) is 11.4 Å². The maximum Gasteiger partial charge on any atom is 0.134 e. The predicted molar refractivity (Wildman–Crippen MR) is 165 cm³/mol. The smallest absolute Gasteiger partial charge is 0.134 e. The van der Waals surface area contributed by atoms with Gasteiger partial charge in [0.05, 0.1) is 0 Å². The van der Waals surface area contributed by atoms with Crippen LogP contribution in [0.5, 0.6) is 0 Å². The molecule has 1 heterocycles. The van der Waals surface area contributed by atoms with Crippen LogP contribution in [-0.2, 0) is 0 Å². The average molecular weight is 508 g/mol. The molecule has 192 valence electrons. The molecule has 0 fully saturated rings. The van der Waals surface area contributed by atoms with Gasteiger partial charge in [0.25, 0.3) is 0 Å². The quantitative estimate of drug-likeness (QED) is 0.247. The van der Waals surface area contributed by atoms with E-state index in [4.69, 9.17) is 4.42 Å². The molecule has 0 saturated heterocycles. The van der Waals surface area contributed by atoms with Crippen molar-refractivity contribution in [1.82, 2.24) is 0 Å². The van der Waals surface area contributed by atoms with Crippen LogP contribution >= 0.6 is 0 Å². The first kappa shape index (κ1) is 24.8. The second-order valence-electron chi connectivity index (χ2n) is 10.1. The van der Waals surface area contributed by atoms with E-state index >= 15 is 0 Å². The maximum atomic E-state index is 6.35. The largest absolute Gasteiger partial charge is 0.460 e. The summed E-state index contributed by atoms with van der Waals surface area (Å²) < 4.78 is 6.35. The van der Waals surface area contributed by atoms with Gasteiger partial charge in [0.1, 0.15) is 11.5 Å². The third-order valence-corrected chi connectivity index (χ3v) is 7.67. The SMILES string of the molecule is C=Cc1oc2c(c1/C=C\C)C=CCC2c1ccc(N(C2=CCC(c3ccccc3)C=C2)c2ccccc2)cc1. The Balaban J connectivity index is 1.32. The molecule has 0 saturated carbocycles. The molecule has 2 aliphatic carbocycles. The van der Waals surface area contributed by atoms with Crippen molar-refractivity contribution in [2.24, 2.45) is 0 Å². The number of nitrogens with zero attached hydrogens (tertiary/aromatic N) is 1.